The van der Waals surface area contributed by atoms with Gasteiger partial charge in [-0.3, -0.25) is 9.59 Å². The van der Waals surface area contributed by atoms with E-state index >= 15 is 0 Å². The fourth-order valence-electron chi connectivity index (χ4n) is 7.77. The van der Waals surface area contributed by atoms with Crippen molar-refractivity contribution in [1.82, 2.24) is 0 Å². The Morgan fingerprint density at radius 1 is 1.30 bits per heavy atom. The summed E-state index contributed by atoms with van der Waals surface area (Å²) in [6, 6.07) is 0. The third kappa shape index (κ3) is 2.33. The van der Waals surface area contributed by atoms with Gasteiger partial charge in [-0.15, -0.1) is 0 Å². The second kappa shape index (κ2) is 5.82. The molecule has 0 saturated heterocycles. The van der Waals surface area contributed by atoms with E-state index in [1.165, 1.54) is 13.2 Å². The summed E-state index contributed by atoms with van der Waals surface area (Å²) in [7, 11) is 0. The number of cyclic esters (lactones) is 1. The summed E-state index contributed by atoms with van der Waals surface area (Å²) in [4.78, 5) is 24.6. The van der Waals surface area contributed by atoms with Crippen molar-refractivity contribution in [2.45, 2.75) is 72.5 Å². The molecule has 3 fully saturated rings. The van der Waals surface area contributed by atoms with Crippen LogP contribution in [0.15, 0.2) is 12.3 Å². The van der Waals surface area contributed by atoms with Gasteiger partial charge in [0.05, 0.1) is 12.4 Å². The average Bonchev–Trinajstić information content (AvgIpc) is 3.02. The van der Waals surface area contributed by atoms with Gasteiger partial charge in [-0.25, -0.2) is 0 Å². The number of rotatable bonds is 1. The number of aliphatic hydroxyl groups excluding tert-OH is 1. The zero-order valence-corrected chi connectivity index (χ0v) is 17.0. The summed E-state index contributed by atoms with van der Waals surface area (Å²) in [5.41, 5.74) is -1.13. The third-order valence-electron chi connectivity index (χ3n) is 8.60. The van der Waals surface area contributed by atoms with E-state index in [1.807, 2.05) is 6.92 Å². The maximum Gasteiger partial charge on any atom is 0.323 e. The minimum Gasteiger partial charge on any atom is -0.462 e. The van der Waals surface area contributed by atoms with Crippen LogP contribution in [-0.4, -0.2) is 29.3 Å². The van der Waals surface area contributed by atoms with Crippen molar-refractivity contribution in [3.05, 3.63) is 12.3 Å². The van der Waals surface area contributed by atoms with Crippen LogP contribution < -0.4 is 0 Å². The highest BCUT2D eigenvalue weighted by Crippen LogP contribution is 2.69. The van der Waals surface area contributed by atoms with Crippen molar-refractivity contribution < 1.29 is 24.2 Å². The largest absolute Gasteiger partial charge is 0.462 e. The van der Waals surface area contributed by atoms with Gasteiger partial charge in [0.2, 0.25) is 0 Å². The highest BCUT2D eigenvalue weighted by molar-refractivity contribution is 5.84. The van der Waals surface area contributed by atoms with Crippen LogP contribution in [0.3, 0.4) is 0 Å². The topological polar surface area (TPSA) is 72.8 Å². The first kappa shape index (κ1) is 19.0. The Morgan fingerprint density at radius 3 is 2.59 bits per heavy atom. The quantitative estimate of drug-likeness (QED) is 0.710. The molecule has 0 amide bonds. The summed E-state index contributed by atoms with van der Waals surface area (Å²) in [5.74, 6) is -0.347. The lowest BCUT2D eigenvalue weighted by Crippen LogP contribution is -2.59. The predicted molar refractivity (Wildman–Crippen MR) is 99.2 cm³/mol. The van der Waals surface area contributed by atoms with Crippen molar-refractivity contribution in [2.24, 2.45) is 39.9 Å². The Morgan fingerprint density at radius 2 is 2.00 bits per heavy atom. The molecule has 1 spiro atoms. The van der Waals surface area contributed by atoms with Crippen molar-refractivity contribution in [2.75, 3.05) is 0 Å². The number of esters is 2. The Balaban J connectivity index is 1.83. The van der Waals surface area contributed by atoms with Gasteiger partial charge in [-0.2, -0.15) is 0 Å². The lowest BCUT2D eigenvalue weighted by molar-refractivity contribution is -0.195. The molecule has 1 aliphatic heterocycles. The molecule has 5 heteroatoms. The predicted octanol–water partition coefficient (Wildman–Crippen LogP) is 3.45. The molecule has 0 bridgehead atoms. The average molecular weight is 376 g/mol. The van der Waals surface area contributed by atoms with Crippen molar-refractivity contribution >= 4 is 11.9 Å². The van der Waals surface area contributed by atoms with E-state index in [2.05, 4.69) is 20.8 Å². The molecule has 8 atom stereocenters. The number of carbonyl (C=O) groups excluding carboxylic acids is 2. The molecule has 0 radical (unpaired) electrons. The Labute approximate surface area is 161 Å². The number of fused-ring (bicyclic) bond motifs is 3. The van der Waals surface area contributed by atoms with E-state index in [4.69, 9.17) is 9.47 Å². The normalized spacial score (nSPS) is 50.2. The van der Waals surface area contributed by atoms with Crippen LogP contribution in [0.1, 0.15) is 60.3 Å². The van der Waals surface area contributed by atoms with Gasteiger partial charge in [0, 0.05) is 12.8 Å². The number of ether oxygens (including phenoxy) is 2. The smallest absolute Gasteiger partial charge is 0.323 e. The SMILES string of the molecule is CC(=O)O[C@@H]1C[C@@H]2[C@H]([C@H](O)[C@]3(C=COC3=O)[C@@H]2C)[C@@]2(C)CCCC(C)(C)[C@H]12. The molecule has 0 aromatic rings. The van der Waals surface area contributed by atoms with Crippen LogP contribution >= 0.6 is 0 Å². The summed E-state index contributed by atoms with van der Waals surface area (Å²) in [6.07, 6.45) is 6.14. The summed E-state index contributed by atoms with van der Waals surface area (Å²) >= 11 is 0. The fraction of sp³-hybridized carbons (Fsp3) is 0.818. The standard InChI is InChI=1S/C22H32O5/c1-12-14-11-15(27-13(2)23)17-20(3,4)7-6-8-21(17,5)16(14)18(24)22(12)9-10-26-19(22)25/h9-10,12,14-18,24H,6-8,11H2,1-5H3/t12-,14+,15-,16-,17+,18+,21-,22+/m1/s1. The maximum atomic E-state index is 12.7. The van der Waals surface area contributed by atoms with Crippen molar-refractivity contribution in [3.63, 3.8) is 0 Å². The highest BCUT2D eigenvalue weighted by Gasteiger charge is 2.71. The van der Waals surface area contributed by atoms with E-state index in [0.717, 1.165) is 19.3 Å². The molecule has 4 aliphatic rings. The first-order chi connectivity index (χ1) is 12.6. The zero-order valence-electron chi connectivity index (χ0n) is 17.0. The second-order valence-electron chi connectivity index (χ2n) is 10.3. The van der Waals surface area contributed by atoms with Crippen LogP contribution in [0.2, 0.25) is 0 Å². The lowest BCUT2D eigenvalue weighted by Gasteiger charge is -2.61. The molecule has 0 unspecified atom stereocenters. The van der Waals surface area contributed by atoms with E-state index in [1.54, 1.807) is 6.08 Å². The maximum absolute atomic E-state index is 12.7. The Hall–Kier alpha value is -1.36. The molecule has 3 aliphatic carbocycles. The van der Waals surface area contributed by atoms with Crippen LogP contribution in [0.5, 0.6) is 0 Å². The molecular weight excluding hydrogens is 344 g/mol. The molecule has 27 heavy (non-hydrogen) atoms. The van der Waals surface area contributed by atoms with Crippen molar-refractivity contribution in [1.29, 1.82) is 0 Å². The number of aliphatic hydroxyl groups is 1. The molecule has 0 aromatic heterocycles. The minimum absolute atomic E-state index is 0.000756. The van der Waals surface area contributed by atoms with Crippen LogP contribution in [0, 0.1) is 39.9 Å². The molecule has 3 saturated carbocycles. The van der Waals surface area contributed by atoms with E-state index in [0.29, 0.717) is 6.42 Å². The lowest BCUT2D eigenvalue weighted by atomic mass is 9.45. The Bertz CT molecular complexity index is 697. The van der Waals surface area contributed by atoms with E-state index in [-0.39, 0.29) is 52.5 Å². The molecule has 1 heterocycles. The van der Waals surface area contributed by atoms with Crippen LogP contribution in [-0.2, 0) is 19.1 Å². The molecular formula is C22H32O5. The Kier molecular flexibility index (Phi) is 4.09. The zero-order chi connectivity index (χ0) is 19.8. The van der Waals surface area contributed by atoms with Crippen LogP contribution in [0.4, 0.5) is 0 Å². The van der Waals surface area contributed by atoms with Gasteiger partial charge in [0.15, 0.2) is 0 Å². The molecule has 5 nitrogen and oxygen atoms in total. The summed E-state index contributed by atoms with van der Waals surface area (Å²) < 4.78 is 11.1. The third-order valence-corrected chi connectivity index (χ3v) is 8.60. The number of carbonyl (C=O) groups is 2. The first-order valence-corrected chi connectivity index (χ1v) is 10.3. The summed E-state index contributed by atoms with van der Waals surface area (Å²) in [6.45, 7) is 10.3. The second-order valence-corrected chi connectivity index (χ2v) is 10.3. The van der Waals surface area contributed by atoms with Gasteiger partial charge in [0.1, 0.15) is 11.5 Å². The van der Waals surface area contributed by atoms with Gasteiger partial charge in [-0.05, 0) is 53.9 Å². The fourth-order valence-corrected chi connectivity index (χ4v) is 7.77. The van der Waals surface area contributed by atoms with E-state index in [9.17, 15) is 14.7 Å². The van der Waals surface area contributed by atoms with Gasteiger partial charge >= 0.3 is 11.9 Å². The van der Waals surface area contributed by atoms with Crippen molar-refractivity contribution in [3.8, 4) is 0 Å². The molecule has 1 N–H and O–H groups in total. The summed E-state index contributed by atoms with van der Waals surface area (Å²) in [5, 5.41) is 11.5. The van der Waals surface area contributed by atoms with Gasteiger partial charge in [-0.1, -0.05) is 34.1 Å². The molecule has 4 rings (SSSR count). The first-order valence-electron chi connectivity index (χ1n) is 10.3. The van der Waals surface area contributed by atoms with E-state index < -0.39 is 11.5 Å². The number of hydrogen-bond donors (Lipinski definition) is 1. The van der Waals surface area contributed by atoms with Crippen LogP contribution in [0.25, 0.3) is 0 Å². The minimum atomic E-state index is -0.963. The number of hydrogen-bond acceptors (Lipinski definition) is 5. The van der Waals surface area contributed by atoms with Gasteiger partial charge in [0.25, 0.3) is 0 Å². The highest BCUT2D eigenvalue weighted by atomic mass is 16.5. The molecule has 0 aromatic carbocycles. The van der Waals surface area contributed by atoms with Gasteiger partial charge < -0.3 is 14.6 Å². The monoisotopic (exact) mass is 376 g/mol. The molecule has 150 valence electrons.